The van der Waals surface area contributed by atoms with Gasteiger partial charge in [0.15, 0.2) is 0 Å². The van der Waals surface area contributed by atoms with Crippen LogP contribution in [0.15, 0.2) is 30.3 Å². The number of rotatable bonds is 5. The molecule has 1 aromatic rings. The van der Waals surface area contributed by atoms with E-state index in [0.29, 0.717) is 6.04 Å². The lowest BCUT2D eigenvalue weighted by Crippen LogP contribution is -2.35. The maximum Gasteiger partial charge on any atom is 0.0348 e. The van der Waals surface area contributed by atoms with Crippen molar-refractivity contribution in [3.63, 3.8) is 0 Å². The molecule has 2 aliphatic rings. The van der Waals surface area contributed by atoms with Gasteiger partial charge in [-0.2, -0.15) is 0 Å². The average Bonchev–Trinajstić information content (AvgIpc) is 2.56. The van der Waals surface area contributed by atoms with E-state index in [0.717, 1.165) is 24.3 Å². The molecule has 21 heavy (non-hydrogen) atoms. The van der Waals surface area contributed by atoms with Crippen molar-refractivity contribution in [3.05, 3.63) is 35.9 Å². The Morgan fingerprint density at radius 2 is 1.76 bits per heavy atom. The molecule has 1 N–H and O–H groups in total. The molecule has 4 unspecified atom stereocenters. The molecule has 3 rings (SSSR count). The monoisotopic (exact) mass is 285 g/mol. The molecule has 0 radical (unpaired) electrons. The van der Waals surface area contributed by atoms with E-state index in [1.165, 1.54) is 56.9 Å². The molecule has 116 valence electrons. The first-order chi connectivity index (χ1) is 10.4. The molecule has 2 saturated carbocycles. The predicted octanol–water partition coefficient (Wildman–Crippen LogP) is 5.33. The maximum absolute atomic E-state index is 3.85. The molecule has 1 heteroatoms. The van der Waals surface area contributed by atoms with Gasteiger partial charge < -0.3 is 5.32 Å². The molecule has 4 atom stereocenters. The summed E-state index contributed by atoms with van der Waals surface area (Å²) in [5.41, 5.74) is 1.50. The minimum absolute atomic E-state index is 0.578. The highest BCUT2D eigenvalue weighted by Crippen LogP contribution is 2.46. The highest BCUT2D eigenvalue weighted by molar-refractivity contribution is 5.20. The highest BCUT2D eigenvalue weighted by atomic mass is 14.9. The molecule has 0 amide bonds. The first-order valence-corrected chi connectivity index (χ1v) is 9.16. The van der Waals surface area contributed by atoms with Gasteiger partial charge in [-0.1, -0.05) is 62.9 Å². The molecule has 0 aliphatic heterocycles. The Kier molecular flexibility index (Phi) is 5.35. The molecular formula is C20H31N. The van der Waals surface area contributed by atoms with Crippen molar-refractivity contribution in [1.82, 2.24) is 5.32 Å². The fraction of sp³-hybridized carbons (Fsp3) is 0.700. The third-order valence-corrected chi connectivity index (χ3v) is 5.82. The smallest absolute Gasteiger partial charge is 0.0348 e. The second-order valence-electron chi connectivity index (χ2n) is 7.22. The minimum Gasteiger partial charge on any atom is -0.310 e. The molecule has 2 fully saturated rings. The Bertz CT molecular complexity index is 413. The summed E-state index contributed by atoms with van der Waals surface area (Å²) in [4.78, 5) is 0. The zero-order chi connectivity index (χ0) is 14.5. The van der Waals surface area contributed by atoms with E-state index < -0.39 is 0 Å². The molecule has 0 aromatic heterocycles. The molecule has 0 spiro atoms. The molecule has 0 bridgehead atoms. The van der Waals surface area contributed by atoms with Crippen molar-refractivity contribution in [2.75, 3.05) is 6.54 Å². The van der Waals surface area contributed by atoms with Crippen LogP contribution in [0, 0.1) is 17.8 Å². The van der Waals surface area contributed by atoms with Crippen LogP contribution < -0.4 is 5.32 Å². The Morgan fingerprint density at radius 3 is 2.52 bits per heavy atom. The van der Waals surface area contributed by atoms with Gasteiger partial charge in [0.1, 0.15) is 0 Å². The van der Waals surface area contributed by atoms with Gasteiger partial charge in [0, 0.05) is 6.04 Å². The van der Waals surface area contributed by atoms with Crippen LogP contribution in [0.2, 0.25) is 0 Å². The third kappa shape index (κ3) is 3.69. The van der Waals surface area contributed by atoms with Crippen LogP contribution in [-0.2, 0) is 0 Å². The summed E-state index contributed by atoms with van der Waals surface area (Å²) >= 11 is 0. The predicted molar refractivity (Wildman–Crippen MR) is 90.3 cm³/mol. The molecule has 1 nitrogen and oxygen atoms in total. The van der Waals surface area contributed by atoms with Crippen molar-refractivity contribution in [3.8, 4) is 0 Å². The van der Waals surface area contributed by atoms with Crippen molar-refractivity contribution in [2.24, 2.45) is 17.8 Å². The number of hydrogen-bond donors (Lipinski definition) is 1. The fourth-order valence-electron chi connectivity index (χ4n) is 4.73. The van der Waals surface area contributed by atoms with Gasteiger partial charge in [0.2, 0.25) is 0 Å². The van der Waals surface area contributed by atoms with Gasteiger partial charge in [-0.15, -0.1) is 0 Å². The number of nitrogens with one attached hydrogen (secondary N) is 1. The molecule has 1 aromatic carbocycles. The van der Waals surface area contributed by atoms with Gasteiger partial charge >= 0.3 is 0 Å². The highest BCUT2D eigenvalue weighted by Gasteiger charge is 2.35. The van der Waals surface area contributed by atoms with Crippen LogP contribution in [0.4, 0.5) is 0 Å². The Morgan fingerprint density at radius 1 is 1.00 bits per heavy atom. The molecule has 0 heterocycles. The Hall–Kier alpha value is -0.820. The van der Waals surface area contributed by atoms with E-state index in [1.807, 2.05) is 0 Å². The maximum atomic E-state index is 3.85. The number of fused-ring (bicyclic) bond motifs is 1. The summed E-state index contributed by atoms with van der Waals surface area (Å²) in [6.07, 6.45) is 11.6. The Labute approximate surface area is 130 Å². The number of benzene rings is 1. The summed E-state index contributed by atoms with van der Waals surface area (Å²) in [6, 6.07) is 11.7. The summed E-state index contributed by atoms with van der Waals surface area (Å²) in [5.74, 6) is 2.92. The van der Waals surface area contributed by atoms with Crippen molar-refractivity contribution in [1.29, 1.82) is 0 Å². The lowest BCUT2D eigenvalue weighted by molar-refractivity contribution is 0.109. The topological polar surface area (TPSA) is 12.0 Å². The lowest BCUT2D eigenvalue weighted by Gasteiger charge is -2.42. The first-order valence-electron chi connectivity index (χ1n) is 9.16. The fourth-order valence-corrected chi connectivity index (χ4v) is 4.73. The van der Waals surface area contributed by atoms with E-state index >= 15 is 0 Å². The normalized spacial score (nSPS) is 30.6. The summed E-state index contributed by atoms with van der Waals surface area (Å²) < 4.78 is 0. The second-order valence-corrected chi connectivity index (χ2v) is 7.22. The van der Waals surface area contributed by atoms with E-state index in [2.05, 4.69) is 42.6 Å². The quantitative estimate of drug-likeness (QED) is 0.770. The standard InChI is InChI=1S/C20H31N/c1-2-14-21-20(17-9-4-3-5-10-17)19-13-12-16-8-6-7-11-18(16)15-19/h3-5,9-10,16,18-21H,2,6-8,11-15H2,1H3. The first kappa shape index (κ1) is 15.1. The zero-order valence-corrected chi connectivity index (χ0v) is 13.6. The summed E-state index contributed by atoms with van der Waals surface area (Å²) in [6.45, 7) is 3.41. The van der Waals surface area contributed by atoms with Crippen LogP contribution in [0.1, 0.15) is 69.9 Å². The average molecular weight is 285 g/mol. The summed E-state index contributed by atoms with van der Waals surface area (Å²) in [5, 5.41) is 3.85. The van der Waals surface area contributed by atoms with Gasteiger partial charge in [0.25, 0.3) is 0 Å². The summed E-state index contributed by atoms with van der Waals surface area (Å²) in [7, 11) is 0. The lowest BCUT2D eigenvalue weighted by atomic mass is 9.65. The van der Waals surface area contributed by atoms with Crippen LogP contribution in [-0.4, -0.2) is 6.54 Å². The van der Waals surface area contributed by atoms with Crippen molar-refractivity contribution >= 4 is 0 Å². The van der Waals surface area contributed by atoms with E-state index in [4.69, 9.17) is 0 Å². The minimum atomic E-state index is 0.578. The Balaban J connectivity index is 1.70. The van der Waals surface area contributed by atoms with Crippen LogP contribution in [0.3, 0.4) is 0 Å². The van der Waals surface area contributed by atoms with E-state index in [1.54, 1.807) is 0 Å². The van der Waals surface area contributed by atoms with Crippen LogP contribution in [0.5, 0.6) is 0 Å². The number of hydrogen-bond acceptors (Lipinski definition) is 1. The zero-order valence-electron chi connectivity index (χ0n) is 13.6. The molecular weight excluding hydrogens is 254 g/mol. The third-order valence-electron chi connectivity index (χ3n) is 5.82. The van der Waals surface area contributed by atoms with Crippen LogP contribution >= 0.6 is 0 Å². The van der Waals surface area contributed by atoms with E-state index in [9.17, 15) is 0 Å². The molecule has 2 aliphatic carbocycles. The van der Waals surface area contributed by atoms with Gasteiger partial charge in [-0.25, -0.2) is 0 Å². The van der Waals surface area contributed by atoms with E-state index in [-0.39, 0.29) is 0 Å². The molecule has 0 saturated heterocycles. The second kappa shape index (κ2) is 7.45. The van der Waals surface area contributed by atoms with Crippen molar-refractivity contribution in [2.45, 2.75) is 64.3 Å². The SMILES string of the molecule is CCCNC(c1ccccc1)C1CCC2CCCCC2C1. The van der Waals surface area contributed by atoms with Crippen LogP contribution in [0.25, 0.3) is 0 Å². The van der Waals surface area contributed by atoms with Gasteiger partial charge in [0.05, 0.1) is 0 Å². The van der Waals surface area contributed by atoms with Crippen molar-refractivity contribution < 1.29 is 0 Å². The van der Waals surface area contributed by atoms with Gasteiger partial charge in [-0.3, -0.25) is 0 Å². The van der Waals surface area contributed by atoms with Gasteiger partial charge in [-0.05, 0) is 55.5 Å². The largest absolute Gasteiger partial charge is 0.310 e.